The van der Waals surface area contributed by atoms with Gasteiger partial charge >= 0.3 is 0 Å². The number of nitrogen functional groups attached to an aromatic ring is 1. The summed E-state index contributed by atoms with van der Waals surface area (Å²) in [6.07, 6.45) is 0. The lowest BCUT2D eigenvalue weighted by Crippen LogP contribution is -2.54. The summed E-state index contributed by atoms with van der Waals surface area (Å²) in [5, 5.41) is 1.35. The molecule has 122 valence electrons. The molecule has 23 heavy (non-hydrogen) atoms. The quantitative estimate of drug-likeness (QED) is 0.811. The molecule has 2 unspecified atom stereocenters. The van der Waals surface area contributed by atoms with Crippen LogP contribution in [0.2, 0.25) is 0 Å². The van der Waals surface area contributed by atoms with E-state index in [0.717, 1.165) is 10.8 Å². The van der Waals surface area contributed by atoms with Crippen molar-refractivity contribution in [3.05, 3.63) is 42.0 Å². The topological polar surface area (TPSA) is 80.5 Å². The first-order valence-corrected chi connectivity index (χ1v) is 9.33. The molecular weight excluding hydrogens is 312 g/mol. The summed E-state index contributed by atoms with van der Waals surface area (Å²) in [6.45, 7) is 3.64. The molecule has 0 saturated carbocycles. The molecule has 1 heterocycles. The van der Waals surface area contributed by atoms with Crippen molar-refractivity contribution in [1.29, 1.82) is 0 Å². The molecule has 0 aliphatic carbocycles. The molecule has 0 bridgehead atoms. The molecule has 0 spiro atoms. The first kappa shape index (κ1) is 15.8. The van der Waals surface area contributed by atoms with Gasteiger partial charge in [0.25, 0.3) is 5.91 Å². The largest absolute Gasteiger partial charge is 0.398 e. The van der Waals surface area contributed by atoms with Gasteiger partial charge in [0.15, 0.2) is 9.84 Å². The second-order valence-corrected chi connectivity index (χ2v) is 8.58. The number of sulfone groups is 1. The van der Waals surface area contributed by atoms with Crippen molar-refractivity contribution < 1.29 is 13.2 Å². The fourth-order valence-corrected chi connectivity index (χ4v) is 4.62. The number of carbonyl (C=O) groups is 1. The number of carbonyl (C=O) groups excluding carboxylic acids is 1. The van der Waals surface area contributed by atoms with Gasteiger partial charge in [-0.15, -0.1) is 0 Å². The van der Waals surface area contributed by atoms with Crippen molar-refractivity contribution in [2.24, 2.45) is 0 Å². The van der Waals surface area contributed by atoms with Crippen LogP contribution in [-0.4, -0.2) is 42.8 Å². The summed E-state index contributed by atoms with van der Waals surface area (Å²) in [6, 6.07) is 10.9. The molecule has 0 radical (unpaired) electrons. The summed E-state index contributed by atoms with van der Waals surface area (Å²) in [7, 11) is -3.13. The number of anilines is 1. The van der Waals surface area contributed by atoms with Gasteiger partial charge in [-0.25, -0.2) is 8.42 Å². The second kappa shape index (κ2) is 5.53. The lowest BCUT2D eigenvalue weighted by atomic mass is 10.0. The third-order valence-electron chi connectivity index (χ3n) is 4.76. The zero-order valence-corrected chi connectivity index (χ0v) is 14.0. The van der Waals surface area contributed by atoms with E-state index in [1.165, 1.54) is 0 Å². The van der Waals surface area contributed by atoms with E-state index in [9.17, 15) is 13.2 Å². The lowest BCUT2D eigenvalue weighted by molar-refractivity contribution is 0.0694. The van der Waals surface area contributed by atoms with E-state index in [1.54, 1.807) is 30.9 Å². The first-order chi connectivity index (χ1) is 10.8. The third kappa shape index (κ3) is 2.67. The lowest BCUT2D eigenvalue weighted by Gasteiger charge is -2.37. The van der Waals surface area contributed by atoms with Crippen molar-refractivity contribution in [2.75, 3.05) is 18.0 Å². The molecule has 2 aromatic rings. The predicted molar refractivity (Wildman–Crippen MR) is 92.1 cm³/mol. The molecule has 0 aromatic heterocycles. The van der Waals surface area contributed by atoms with Crippen molar-refractivity contribution in [1.82, 2.24) is 4.90 Å². The normalized spacial score (nSPS) is 23.8. The number of nitrogens with zero attached hydrogens (tertiary/aromatic N) is 1. The maximum Gasteiger partial charge on any atom is 0.256 e. The molecule has 6 heteroatoms. The Kier molecular flexibility index (Phi) is 3.80. The Morgan fingerprint density at radius 2 is 1.78 bits per heavy atom. The second-order valence-electron chi connectivity index (χ2n) is 6.10. The van der Waals surface area contributed by atoms with Gasteiger partial charge < -0.3 is 10.6 Å². The molecule has 5 nitrogen and oxygen atoms in total. The molecule has 1 aliphatic heterocycles. The highest BCUT2D eigenvalue weighted by Crippen LogP contribution is 2.26. The number of rotatable bonds is 1. The van der Waals surface area contributed by atoms with Gasteiger partial charge in [0, 0.05) is 18.3 Å². The average molecular weight is 332 g/mol. The zero-order chi connectivity index (χ0) is 16.8. The number of fused-ring (bicyclic) bond motifs is 1. The minimum Gasteiger partial charge on any atom is -0.398 e. The molecule has 2 aromatic carbocycles. The van der Waals surface area contributed by atoms with Gasteiger partial charge in [0.05, 0.1) is 16.6 Å². The summed E-state index contributed by atoms with van der Waals surface area (Å²) in [5.74, 6) is -0.208. The fraction of sp³-hybridized carbons (Fsp3) is 0.353. The number of amides is 1. The average Bonchev–Trinajstić information content (AvgIpc) is 2.51. The van der Waals surface area contributed by atoms with Crippen molar-refractivity contribution in [2.45, 2.75) is 25.1 Å². The molecule has 1 fully saturated rings. The van der Waals surface area contributed by atoms with Crippen LogP contribution in [0.15, 0.2) is 36.4 Å². The summed E-state index contributed by atoms with van der Waals surface area (Å²) < 4.78 is 24.0. The molecular formula is C17H20N2O3S. The van der Waals surface area contributed by atoms with Gasteiger partial charge in [0.1, 0.15) is 0 Å². The molecule has 1 aliphatic rings. The standard InChI is InChI=1S/C17H20N2O3S/c1-11-12(2)23(21,22)8-7-19(11)17(20)15-9-13-5-3-4-6-14(13)10-16(15)18/h3-6,9-12H,7-8,18H2,1-2H3. The van der Waals surface area contributed by atoms with E-state index < -0.39 is 15.1 Å². The Labute approximate surface area is 136 Å². The number of benzene rings is 2. The Hall–Kier alpha value is -2.08. The fourth-order valence-electron chi connectivity index (χ4n) is 3.05. The molecule has 2 atom stereocenters. The van der Waals surface area contributed by atoms with E-state index in [4.69, 9.17) is 5.73 Å². The number of hydrogen-bond donors (Lipinski definition) is 1. The first-order valence-electron chi connectivity index (χ1n) is 7.62. The summed E-state index contributed by atoms with van der Waals surface area (Å²) in [4.78, 5) is 14.5. The van der Waals surface area contributed by atoms with E-state index in [1.807, 2.05) is 24.3 Å². The molecule has 2 N–H and O–H groups in total. The van der Waals surface area contributed by atoms with E-state index in [0.29, 0.717) is 11.3 Å². The SMILES string of the molecule is CC1C(C)S(=O)(=O)CCN1C(=O)c1cc2ccccc2cc1N. The van der Waals surface area contributed by atoms with Gasteiger partial charge in [-0.1, -0.05) is 24.3 Å². The van der Waals surface area contributed by atoms with Crippen molar-refractivity contribution in [3.63, 3.8) is 0 Å². The van der Waals surface area contributed by atoms with Crippen LogP contribution < -0.4 is 5.73 Å². The van der Waals surface area contributed by atoms with Crippen LogP contribution in [0.5, 0.6) is 0 Å². The van der Waals surface area contributed by atoms with Gasteiger partial charge in [0.2, 0.25) is 0 Å². The van der Waals surface area contributed by atoms with E-state index in [-0.39, 0.29) is 24.2 Å². The highest BCUT2D eigenvalue weighted by molar-refractivity contribution is 7.92. The van der Waals surface area contributed by atoms with Crippen molar-refractivity contribution >= 4 is 32.2 Å². The maximum absolute atomic E-state index is 12.9. The third-order valence-corrected chi connectivity index (χ3v) is 7.04. The smallest absolute Gasteiger partial charge is 0.256 e. The Balaban J connectivity index is 1.99. The van der Waals surface area contributed by atoms with E-state index in [2.05, 4.69) is 0 Å². The minimum absolute atomic E-state index is 0.00225. The minimum atomic E-state index is -3.13. The molecule has 1 saturated heterocycles. The van der Waals surface area contributed by atoms with Crippen LogP contribution in [0, 0.1) is 0 Å². The maximum atomic E-state index is 12.9. The van der Waals surface area contributed by atoms with Crippen LogP contribution in [0.1, 0.15) is 24.2 Å². The predicted octanol–water partition coefficient (Wildman–Crippen LogP) is 2.07. The summed E-state index contributed by atoms with van der Waals surface area (Å²) >= 11 is 0. The van der Waals surface area contributed by atoms with Crippen LogP contribution in [0.3, 0.4) is 0 Å². The van der Waals surface area contributed by atoms with Gasteiger partial charge in [-0.3, -0.25) is 4.79 Å². The monoisotopic (exact) mass is 332 g/mol. The highest BCUT2D eigenvalue weighted by Gasteiger charge is 2.38. The van der Waals surface area contributed by atoms with Crippen LogP contribution in [-0.2, 0) is 9.84 Å². The number of nitrogens with two attached hydrogens (primary N) is 1. The van der Waals surface area contributed by atoms with Crippen LogP contribution in [0.4, 0.5) is 5.69 Å². The zero-order valence-electron chi connectivity index (χ0n) is 13.2. The van der Waals surface area contributed by atoms with E-state index >= 15 is 0 Å². The van der Waals surface area contributed by atoms with Crippen LogP contribution in [0.25, 0.3) is 10.8 Å². The molecule has 1 amide bonds. The number of hydrogen-bond acceptors (Lipinski definition) is 4. The Bertz CT molecular complexity index is 877. The van der Waals surface area contributed by atoms with Crippen LogP contribution >= 0.6 is 0 Å². The Morgan fingerprint density at radius 1 is 1.17 bits per heavy atom. The van der Waals surface area contributed by atoms with Gasteiger partial charge in [-0.2, -0.15) is 0 Å². The van der Waals surface area contributed by atoms with Crippen molar-refractivity contribution in [3.8, 4) is 0 Å². The highest BCUT2D eigenvalue weighted by atomic mass is 32.2. The summed E-state index contributed by atoms with van der Waals surface area (Å²) in [5.41, 5.74) is 6.91. The van der Waals surface area contributed by atoms with Gasteiger partial charge in [-0.05, 0) is 36.8 Å². The molecule has 3 rings (SSSR count). The Morgan fingerprint density at radius 3 is 2.43 bits per heavy atom.